The fourth-order valence-electron chi connectivity index (χ4n) is 4.79. The Hall–Kier alpha value is -3.39. The summed E-state index contributed by atoms with van der Waals surface area (Å²) >= 11 is 0. The number of alkyl carbamates (subject to hydrolysis) is 1. The fourth-order valence-corrected chi connectivity index (χ4v) is 4.79. The number of carbonyl (C=O) groups is 3. The molecule has 2 aromatic rings. The van der Waals surface area contributed by atoms with E-state index in [2.05, 4.69) is 34.9 Å². The molecule has 186 valence electrons. The van der Waals surface area contributed by atoms with E-state index in [1.54, 1.807) is 0 Å². The minimum atomic E-state index is -0.865. The minimum Gasteiger partial charge on any atom is -0.481 e. The minimum absolute atomic E-state index is 0.0199. The summed E-state index contributed by atoms with van der Waals surface area (Å²) < 4.78 is 11.0. The van der Waals surface area contributed by atoms with Crippen LogP contribution in [0.1, 0.15) is 43.2 Å². The quantitative estimate of drug-likeness (QED) is 0.448. The number of fused-ring (bicyclic) bond motifs is 3. The maximum atomic E-state index is 12.3. The predicted octanol–water partition coefficient (Wildman–Crippen LogP) is 3.55. The van der Waals surface area contributed by atoms with E-state index in [1.165, 1.54) is 22.3 Å². The predicted molar refractivity (Wildman–Crippen MR) is 130 cm³/mol. The highest BCUT2D eigenvalue weighted by atomic mass is 16.5. The van der Waals surface area contributed by atoms with E-state index in [1.807, 2.05) is 31.2 Å². The van der Waals surface area contributed by atoms with Gasteiger partial charge in [-0.15, -0.1) is 0 Å². The smallest absolute Gasteiger partial charge is 0.407 e. The lowest BCUT2D eigenvalue weighted by Gasteiger charge is -2.16. The lowest BCUT2D eigenvalue weighted by molar-refractivity contribution is -0.141. The normalized spacial score (nSPS) is 19.5. The molecule has 1 fully saturated rings. The summed E-state index contributed by atoms with van der Waals surface area (Å²) in [5, 5.41) is 14.6. The molecule has 0 saturated carbocycles. The third-order valence-corrected chi connectivity index (χ3v) is 6.81. The first-order chi connectivity index (χ1) is 16.9. The van der Waals surface area contributed by atoms with Gasteiger partial charge >= 0.3 is 12.1 Å². The molecule has 2 aromatic carbocycles. The van der Waals surface area contributed by atoms with E-state index in [0.29, 0.717) is 32.4 Å². The topological polar surface area (TPSA) is 114 Å². The number of carboxylic acid groups (broad SMARTS) is 1. The zero-order valence-electron chi connectivity index (χ0n) is 19.9. The van der Waals surface area contributed by atoms with Gasteiger partial charge in [0.2, 0.25) is 5.91 Å². The molecule has 35 heavy (non-hydrogen) atoms. The molecule has 4 rings (SSSR count). The maximum Gasteiger partial charge on any atom is 0.407 e. The van der Waals surface area contributed by atoms with Crippen LogP contribution in [0.25, 0.3) is 11.1 Å². The van der Waals surface area contributed by atoms with Crippen LogP contribution in [-0.4, -0.2) is 55.5 Å². The second kappa shape index (κ2) is 11.4. The molecule has 1 heterocycles. The van der Waals surface area contributed by atoms with Crippen molar-refractivity contribution >= 4 is 18.0 Å². The first-order valence-electron chi connectivity index (χ1n) is 12.1. The summed E-state index contributed by atoms with van der Waals surface area (Å²) in [4.78, 5) is 35.5. The van der Waals surface area contributed by atoms with Gasteiger partial charge in [0.25, 0.3) is 0 Å². The van der Waals surface area contributed by atoms with Crippen LogP contribution < -0.4 is 10.6 Å². The van der Waals surface area contributed by atoms with Crippen LogP contribution in [0.15, 0.2) is 48.5 Å². The molecule has 0 radical (unpaired) electrons. The van der Waals surface area contributed by atoms with Gasteiger partial charge in [0.15, 0.2) is 0 Å². The van der Waals surface area contributed by atoms with Gasteiger partial charge in [0.1, 0.15) is 6.61 Å². The molecular weight excluding hydrogens is 448 g/mol. The van der Waals surface area contributed by atoms with Crippen LogP contribution in [-0.2, 0) is 19.1 Å². The van der Waals surface area contributed by atoms with E-state index >= 15 is 0 Å². The van der Waals surface area contributed by atoms with Crippen LogP contribution >= 0.6 is 0 Å². The van der Waals surface area contributed by atoms with Gasteiger partial charge < -0.3 is 25.2 Å². The van der Waals surface area contributed by atoms with Crippen molar-refractivity contribution in [2.24, 2.45) is 11.8 Å². The highest BCUT2D eigenvalue weighted by Gasteiger charge is 2.31. The van der Waals surface area contributed by atoms with Crippen LogP contribution in [0.2, 0.25) is 0 Å². The molecule has 1 unspecified atom stereocenters. The van der Waals surface area contributed by atoms with Gasteiger partial charge in [0, 0.05) is 24.9 Å². The summed E-state index contributed by atoms with van der Waals surface area (Å²) in [5.41, 5.74) is 4.71. The van der Waals surface area contributed by atoms with Crippen molar-refractivity contribution in [3.05, 3.63) is 59.7 Å². The highest BCUT2D eigenvalue weighted by molar-refractivity contribution is 5.79. The van der Waals surface area contributed by atoms with Crippen LogP contribution in [0.4, 0.5) is 4.79 Å². The average molecular weight is 481 g/mol. The number of carboxylic acids is 1. The van der Waals surface area contributed by atoms with E-state index in [-0.39, 0.29) is 37.1 Å². The lowest BCUT2D eigenvalue weighted by atomic mass is 9.98. The molecule has 0 bridgehead atoms. The number of amides is 2. The van der Waals surface area contributed by atoms with Crippen molar-refractivity contribution in [2.75, 3.05) is 26.3 Å². The Morgan fingerprint density at radius 3 is 2.34 bits per heavy atom. The molecule has 8 nitrogen and oxygen atoms in total. The molecule has 1 aliphatic heterocycles. The largest absolute Gasteiger partial charge is 0.481 e. The van der Waals surface area contributed by atoms with Crippen molar-refractivity contribution < 1.29 is 29.0 Å². The van der Waals surface area contributed by atoms with Crippen molar-refractivity contribution in [3.63, 3.8) is 0 Å². The molecular formula is C27H32N2O6. The number of carbonyl (C=O) groups excluding carboxylic acids is 2. The molecule has 2 amide bonds. The van der Waals surface area contributed by atoms with Crippen molar-refractivity contribution in [1.29, 1.82) is 0 Å². The van der Waals surface area contributed by atoms with E-state index in [0.717, 1.165) is 0 Å². The SMILES string of the molecule is CC(CCCNC(=O)OCC1c2ccccc2-c2ccccc21)C(=O)NC[C@@H]1C[C@H](C(=O)O)CO1. The lowest BCUT2D eigenvalue weighted by Crippen LogP contribution is -2.35. The molecule has 3 N–H and O–H groups in total. The summed E-state index contributed by atoms with van der Waals surface area (Å²) in [6.45, 7) is 3.01. The number of hydrogen-bond donors (Lipinski definition) is 3. The number of rotatable bonds is 10. The second-order valence-corrected chi connectivity index (χ2v) is 9.27. The summed E-state index contributed by atoms with van der Waals surface area (Å²) in [6, 6.07) is 16.4. The summed E-state index contributed by atoms with van der Waals surface area (Å²) in [6.07, 6.45) is 0.935. The monoisotopic (exact) mass is 480 g/mol. The zero-order valence-corrected chi connectivity index (χ0v) is 19.9. The van der Waals surface area contributed by atoms with Crippen LogP contribution in [0.5, 0.6) is 0 Å². The molecule has 1 saturated heterocycles. The number of hydrogen-bond acceptors (Lipinski definition) is 5. The number of aliphatic carboxylic acids is 1. The Kier molecular flexibility index (Phi) is 8.02. The molecule has 3 atom stereocenters. The first kappa shape index (κ1) is 24.7. The average Bonchev–Trinajstić information content (AvgIpc) is 3.47. The Bertz CT molecular complexity index is 1030. The number of ether oxygens (including phenoxy) is 2. The summed E-state index contributed by atoms with van der Waals surface area (Å²) in [5.74, 6) is -1.68. The third-order valence-electron chi connectivity index (χ3n) is 6.81. The summed E-state index contributed by atoms with van der Waals surface area (Å²) in [7, 11) is 0. The van der Waals surface area contributed by atoms with Gasteiger partial charge in [-0.1, -0.05) is 55.5 Å². The van der Waals surface area contributed by atoms with Gasteiger partial charge in [-0.2, -0.15) is 0 Å². The van der Waals surface area contributed by atoms with Crippen LogP contribution in [0.3, 0.4) is 0 Å². The van der Waals surface area contributed by atoms with E-state index < -0.39 is 18.0 Å². The zero-order chi connectivity index (χ0) is 24.8. The molecule has 0 spiro atoms. The van der Waals surface area contributed by atoms with Gasteiger partial charge in [0.05, 0.1) is 18.6 Å². The third kappa shape index (κ3) is 6.00. The molecule has 0 aromatic heterocycles. The van der Waals surface area contributed by atoms with Crippen molar-refractivity contribution in [2.45, 2.75) is 38.2 Å². The van der Waals surface area contributed by atoms with Crippen molar-refractivity contribution in [3.8, 4) is 11.1 Å². The second-order valence-electron chi connectivity index (χ2n) is 9.27. The van der Waals surface area contributed by atoms with Gasteiger partial charge in [-0.25, -0.2) is 4.79 Å². The molecule has 8 heteroatoms. The standard InChI is InChI=1S/C27H32N2O6/c1-17(25(30)29-14-19-13-18(15-34-19)26(31)32)7-6-12-28-27(33)35-16-24-22-10-4-2-8-20(22)21-9-3-5-11-23(21)24/h2-5,8-11,17-19,24H,6-7,12-16H2,1H3,(H,28,33)(H,29,30)(H,31,32)/t17?,18-,19-/m0/s1. The Morgan fingerprint density at radius 1 is 1.06 bits per heavy atom. The number of nitrogens with one attached hydrogen (secondary N) is 2. The molecule has 1 aliphatic carbocycles. The number of benzene rings is 2. The maximum absolute atomic E-state index is 12.3. The van der Waals surface area contributed by atoms with Gasteiger partial charge in [-0.3, -0.25) is 9.59 Å². The fraction of sp³-hybridized carbons (Fsp3) is 0.444. The van der Waals surface area contributed by atoms with Gasteiger partial charge in [-0.05, 0) is 41.5 Å². The highest BCUT2D eigenvalue weighted by Crippen LogP contribution is 2.44. The molecule has 2 aliphatic rings. The Balaban J connectivity index is 1.13. The van der Waals surface area contributed by atoms with E-state index in [9.17, 15) is 14.4 Å². The Morgan fingerprint density at radius 2 is 1.71 bits per heavy atom. The first-order valence-corrected chi connectivity index (χ1v) is 12.1. The van der Waals surface area contributed by atoms with Crippen molar-refractivity contribution in [1.82, 2.24) is 10.6 Å². The van der Waals surface area contributed by atoms with Crippen LogP contribution in [0, 0.1) is 11.8 Å². The van der Waals surface area contributed by atoms with E-state index in [4.69, 9.17) is 14.6 Å². The Labute approximate surface area is 205 Å².